The largest absolute Gasteiger partial charge is 0.271 e. The summed E-state index contributed by atoms with van der Waals surface area (Å²) in [5.74, 6) is -1.37. The van der Waals surface area contributed by atoms with E-state index in [0.29, 0.717) is 15.2 Å². The third-order valence-electron chi connectivity index (χ3n) is 2.74. The fraction of sp³-hybridized carbons (Fsp3) is 0. The number of hydrogen-bond acceptors (Lipinski definition) is 4. The van der Waals surface area contributed by atoms with Crippen molar-refractivity contribution in [2.45, 2.75) is 0 Å². The fourth-order valence-electron chi connectivity index (χ4n) is 1.81. The molecular formula is C13H6F2N2O2S. The van der Waals surface area contributed by atoms with Crippen LogP contribution >= 0.6 is 11.3 Å². The second-order valence-corrected chi connectivity index (χ2v) is 5.08. The number of aromatic nitrogens is 1. The van der Waals surface area contributed by atoms with Crippen LogP contribution in [0, 0.1) is 21.7 Å². The highest BCUT2D eigenvalue weighted by Gasteiger charge is 2.14. The van der Waals surface area contributed by atoms with Crippen molar-refractivity contribution in [2.75, 3.05) is 0 Å². The summed E-state index contributed by atoms with van der Waals surface area (Å²) in [5, 5.41) is 11.1. The van der Waals surface area contributed by atoms with Crippen molar-refractivity contribution in [1.29, 1.82) is 0 Å². The van der Waals surface area contributed by atoms with Crippen LogP contribution in [0.15, 0.2) is 36.4 Å². The molecule has 0 aliphatic rings. The summed E-state index contributed by atoms with van der Waals surface area (Å²) in [4.78, 5) is 14.3. The quantitative estimate of drug-likeness (QED) is 0.526. The van der Waals surface area contributed by atoms with Crippen molar-refractivity contribution < 1.29 is 13.7 Å². The number of hydrogen-bond donors (Lipinski definition) is 0. The van der Waals surface area contributed by atoms with Crippen molar-refractivity contribution in [3.8, 4) is 10.6 Å². The number of non-ortho nitro benzene ring substituents is 1. The van der Waals surface area contributed by atoms with E-state index in [-0.39, 0.29) is 11.3 Å². The Hall–Kier alpha value is -2.41. The summed E-state index contributed by atoms with van der Waals surface area (Å²) in [6.45, 7) is 0. The minimum atomic E-state index is -0.710. The average Bonchev–Trinajstić information content (AvgIpc) is 2.80. The van der Waals surface area contributed by atoms with Crippen LogP contribution in [0.5, 0.6) is 0 Å². The number of benzene rings is 2. The number of halogens is 2. The average molecular weight is 292 g/mol. The first-order valence-corrected chi connectivity index (χ1v) is 6.36. The Balaban J connectivity index is 2.15. The molecule has 0 radical (unpaired) electrons. The molecule has 1 heterocycles. The Morgan fingerprint density at radius 1 is 1.15 bits per heavy atom. The predicted molar refractivity (Wildman–Crippen MR) is 71.6 cm³/mol. The lowest BCUT2D eigenvalue weighted by molar-refractivity contribution is -0.384. The van der Waals surface area contributed by atoms with Gasteiger partial charge in [-0.25, -0.2) is 13.8 Å². The van der Waals surface area contributed by atoms with Crippen LogP contribution in [-0.4, -0.2) is 9.91 Å². The number of nitrogens with zero attached hydrogens (tertiary/aromatic N) is 2. The molecule has 0 saturated heterocycles. The van der Waals surface area contributed by atoms with Crippen LogP contribution in [0.1, 0.15) is 0 Å². The fourth-order valence-corrected chi connectivity index (χ4v) is 2.78. The summed E-state index contributed by atoms with van der Waals surface area (Å²) in [7, 11) is 0. The highest BCUT2D eigenvalue weighted by Crippen LogP contribution is 2.33. The molecule has 2 aromatic carbocycles. The molecule has 0 N–H and O–H groups in total. The van der Waals surface area contributed by atoms with Gasteiger partial charge in [0.2, 0.25) is 0 Å². The molecule has 0 fully saturated rings. The van der Waals surface area contributed by atoms with Gasteiger partial charge in [-0.15, -0.1) is 11.3 Å². The van der Waals surface area contributed by atoms with E-state index in [1.54, 1.807) is 6.07 Å². The van der Waals surface area contributed by atoms with Gasteiger partial charge >= 0.3 is 0 Å². The molecule has 7 heteroatoms. The summed E-state index contributed by atoms with van der Waals surface area (Å²) in [5.41, 5.74) is 0.520. The van der Waals surface area contributed by atoms with Crippen LogP contribution in [0.25, 0.3) is 20.8 Å². The number of rotatable bonds is 2. The standard InChI is InChI=1S/C13H6F2N2O2S/c14-7-1-3-9(10(15)5-7)13-16-11-6-8(17(18)19)2-4-12(11)20-13/h1-6H. The van der Waals surface area contributed by atoms with Gasteiger partial charge in [0.25, 0.3) is 5.69 Å². The zero-order chi connectivity index (χ0) is 14.3. The lowest BCUT2D eigenvalue weighted by Crippen LogP contribution is -1.87. The van der Waals surface area contributed by atoms with E-state index in [1.165, 1.54) is 29.5 Å². The van der Waals surface area contributed by atoms with Gasteiger partial charge in [-0.3, -0.25) is 10.1 Å². The second-order valence-electron chi connectivity index (χ2n) is 4.05. The van der Waals surface area contributed by atoms with Gasteiger partial charge in [-0.05, 0) is 18.2 Å². The first-order chi connectivity index (χ1) is 9.54. The number of nitro benzene ring substituents is 1. The molecule has 3 rings (SSSR count). The molecule has 0 unspecified atom stereocenters. The summed E-state index contributed by atoms with van der Waals surface area (Å²) in [6, 6.07) is 7.49. The third-order valence-corrected chi connectivity index (χ3v) is 3.81. The van der Waals surface area contributed by atoms with Gasteiger partial charge in [-0.1, -0.05) is 0 Å². The topological polar surface area (TPSA) is 56.0 Å². The van der Waals surface area contributed by atoms with Gasteiger partial charge in [0.05, 0.1) is 15.1 Å². The Morgan fingerprint density at radius 3 is 2.65 bits per heavy atom. The Labute approximate surface area is 115 Å². The monoisotopic (exact) mass is 292 g/mol. The number of nitro groups is 1. The molecule has 20 heavy (non-hydrogen) atoms. The third kappa shape index (κ3) is 2.12. The smallest absolute Gasteiger partial charge is 0.258 e. The van der Waals surface area contributed by atoms with Crippen LogP contribution in [-0.2, 0) is 0 Å². The van der Waals surface area contributed by atoms with Gasteiger partial charge in [0.15, 0.2) is 0 Å². The van der Waals surface area contributed by atoms with E-state index < -0.39 is 16.6 Å². The number of thiazole rings is 1. The predicted octanol–water partition coefficient (Wildman–Crippen LogP) is 4.15. The van der Waals surface area contributed by atoms with Crippen LogP contribution < -0.4 is 0 Å². The van der Waals surface area contributed by atoms with Crippen molar-refractivity contribution >= 4 is 27.2 Å². The molecule has 1 aromatic heterocycles. The van der Waals surface area contributed by atoms with Gasteiger partial charge in [-0.2, -0.15) is 0 Å². The van der Waals surface area contributed by atoms with Crippen LogP contribution in [0.3, 0.4) is 0 Å². The van der Waals surface area contributed by atoms with Crippen molar-refractivity contribution in [3.05, 3.63) is 58.1 Å². The van der Waals surface area contributed by atoms with Crippen LogP contribution in [0.2, 0.25) is 0 Å². The van der Waals surface area contributed by atoms with E-state index in [9.17, 15) is 18.9 Å². The molecular weight excluding hydrogens is 286 g/mol. The molecule has 0 amide bonds. The molecule has 100 valence electrons. The molecule has 4 nitrogen and oxygen atoms in total. The van der Waals surface area contributed by atoms with E-state index in [2.05, 4.69) is 4.98 Å². The maximum Gasteiger partial charge on any atom is 0.271 e. The molecule has 0 saturated carbocycles. The van der Waals surface area contributed by atoms with E-state index >= 15 is 0 Å². The highest BCUT2D eigenvalue weighted by molar-refractivity contribution is 7.21. The SMILES string of the molecule is O=[N+]([O-])c1ccc2sc(-c3ccc(F)cc3F)nc2c1. The second kappa shape index (κ2) is 4.61. The summed E-state index contributed by atoms with van der Waals surface area (Å²) >= 11 is 1.19. The lowest BCUT2D eigenvalue weighted by atomic mass is 10.2. The lowest BCUT2D eigenvalue weighted by Gasteiger charge is -1.97. The summed E-state index contributed by atoms with van der Waals surface area (Å²) in [6.07, 6.45) is 0. The zero-order valence-electron chi connectivity index (χ0n) is 9.84. The first-order valence-electron chi connectivity index (χ1n) is 5.55. The van der Waals surface area contributed by atoms with Gasteiger partial charge in [0, 0.05) is 23.8 Å². The molecule has 0 aliphatic heterocycles. The Kier molecular flexibility index (Phi) is 2.90. The van der Waals surface area contributed by atoms with E-state index in [1.807, 2.05) is 0 Å². The minimum absolute atomic E-state index is 0.0751. The van der Waals surface area contributed by atoms with E-state index in [0.717, 1.165) is 12.1 Å². The maximum absolute atomic E-state index is 13.7. The van der Waals surface area contributed by atoms with Crippen molar-refractivity contribution in [2.24, 2.45) is 0 Å². The number of fused-ring (bicyclic) bond motifs is 1. The maximum atomic E-state index is 13.7. The van der Waals surface area contributed by atoms with E-state index in [4.69, 9.17) is 0 Å². The van der Waals surface area contributed by atoms with Crippen LogP contribution in [0.4, 0.5) is 14.5 Å². The molecule has 3 aromatic rings. The summed E-state index contributed by atoms with van der Waals surface area (Å²) < 4.78 is 27.3. The molecule has 0 bridgehead atoms. The normalized spacial score (nSPS) is 10.9. The molecule has 0 aliphatic carbocycles. The van der Waals surface area contributed by atoms with Gasteiger partial charge < -0.3 is 0 Å². The first kappa shape index (κ1) is 12.6. The van der Waals surface area contributed by atoms with Crippen molar-refractivity contribution in [3.63, 3.8) is 0 Å². The molecule has 0 spiro atoms. The Bertz CT molecular complexity index is 832. The highest BCUT2D eigenvalue weighted by atomic mass is 32.1. The molecule has 0 atom stereocenters. The minimum Gasteiger partial charge on any atom is -0.258 e. The van der Waals surface area contributed by atoms with Crippen molar-refractivity contribution in [1.82, 2.24) is 4.98 Å². The van der Waals surface area contributed by atoms with Gasteiger partial charge in [0.1, 0.15) is 16.6 Å². The Morgan fingerprint density at radius 2 is 1.95 bits per heavy atom. The zero-order valence-corrected chi connectivity index (χ0v) is 10.7.